The molecule has 2 heteroatoms. The third-order valence-corrected chi connectivity index (χ3v) is 12.7. The van der Waals surface area contributed by atoms with Crippen molar-refractivity contribution in [3.8, 4) is 0 Å². The molecule has 0 spiro atoms. The van der Waals surface area contributed by atoms with Crippen LogP contribution in [0.4, 0.5) is 0 Å². The Labute approximate surface area is 132 Å². The van der Waals surface area contributed by atoms with Crippen molar-refractivity contribution in [1.29, 1.82) is 0 Å². The van der Waals surface area contributed by atoms with Crippen LogP contribution >= 0.6 is 0 Å². The number of hydrogen-bond acceptors (Lipinski definition) is 1. The van der Waals surface area contributed by atoms with Crippen molar-refractivity contribution in [3.05, 3.63) is 54.2 Å². The van der Waals surface area contributed by atoms with E-state index in [4.69, 9.17) is 4.98 Å². The second-order valence-corrected chi connectivity index (χ2v) is 16.1. The summed E-state index contributed by atoms with van der Waals surface area (Å²) in [7, 11) is 0. The van der Waals surface area contributed by atoms with E-state index in [-0.39, 0.29) is 0 Å². The van der Waals surface area contributed by atoms with Crippen LogP contribution in [0.2, 0.25) is 11.5 Å². The Bertz CT molecular complexity index is 1110. The van der Waals surface area contributed by atoms with Gasteiger partial charge in [0.1, 0.15) is 0 Å². The number of nitrogens with zero attached hydrogens (tertiary/aromatic N) is 1. The number of hydrogen-bond donors (Lipinski definition) is 0. The zero-order chi connectivity index (χ0) is 15.1. The molecule has 4 aromatic rings. The fourth-order valence-electron chi connectivity index (χ4n) is 4.24. The quantitative estimate of drug-likeness (QED) is 0.347. The number of benzene rings is 3. The SMILES string of the molecule is Cc1ccc2c(c1)c1ccc[c]3c1c1[c](ccnc21)[Ge]3([CH3])[CH3]. The average molecular weight is 344 g/mol. The van der Waals surface area contributed by atoms with E-state index in [1.807, 2.05) is 6.20 Å². The first-order valence-corrected chi connectivity index (χ1v) is 14.1. The molecule has 1 aliphatic heterocycles. The molecule has 0 saturated heterocycles. The molecule has 0 unspecified atom stereocenters. The van der Waals surface area contributed by atoms with Crippen molar-refractivity contribution in [2.24, 2.45) is 0 Å². The van der Waals surface area contributed by atoms with Crippen molar-refractivity contribution in [2.45, 2.75) is 18.4 Å². The van der Waals surface area contributed by atoms with Crippen LogP contribution in [0.5, 0.6) is 0 Å². The molecule has 22 heavy (non-hydrogen) atoms. The first kappa shape index (κ1) is 12.7. The summed E-state index contributed by atoms with van der Waals surface area (Å²) in [6.45, 7) is 2.17. The van der Waals surface area contributed by atoms with Gasteiger partial charge in [0.05, 0.1) is 0 Å². The van der Waals surface area contributed by atoms with Crippen LogP contribution in [0.3, 0.4) is 0 Å². The van der Waals surface area contributed by atoms with Gasteiger partial charge in [0.25, 0.3) is 0 Å². The minimum atomic E-state index is -2.17. The molecule has 0 aliphatic carbocycles. The Morgan fingerprint density at radius 1 is 0.818 bits per heavy atom. The monoisotopic (exact) mass is 345 g/mol. The van der Waals surface area contributed by atoms with Gasteiger partial charge in [-0.05, 0) is 0 Å². The number of rotatable bonds is 0. The molecule has 1 nitrogen and oxygen atoms in total. The fraction of sp³-hybridized carbons (Fsp3) is 0.150. The predicted molar refractivity (Wildman–Crippen MR) is 98.2 cm³/mol. The third-order valence-electron chi connectivity index (χ3n) is 5.33. The Hall–Kier alpha value is -1.87. The molecule has 1 aliphatic rings. The van der Waals surface area contributed by atoms with Gasteiger partial charge in [-0.15, -0.1) is 0 Å². The van der Waals surface area contributed by atoms with Gasteiger partial charge in [-0.1, -0.05) is 0 Å². The number of aromatic nitrogens is 1. The summed E-state index contributed by atoms with van der Waals surface area (Å²) < 4.78 is 3.22. The van der Waals surface area contributed by atoms with Crippen molar-refractivity contribution in [2.75, 3.05) is 0 Å². The summed E-state index contributed by atoms with van der Waals surface area (Å²) in [5, 5.41) is 6.99. The summed E-state index contributed by atoms with van der Waals surface area (Å²) in [6.07, 6.45) is 2.02. The topological polar surface area (TPSA) is 12.9 Å². The number of aryl methyl sites for hydroxylation is 1. The predicted octanol–water partition coefficient (Wildman–Crippen LogP) is 3.99. The van der Waals surface area contributed by atoms with Crippen LogP contribution in [0, 0.1) is 6.92 Å². The summed E-state index contributed by atoms with van der Waals surface area (Å²) in [4.78, 5) is 4.78. The molecule has 0 bridgehead atoms. The molecule has 0 N–H and O–H groups in total. The molecular formula is C20H17GeN. The van der Waals surface area contributed by atoms with Crippen LogP contribution in [0.15, 0.2) is 48.7 Å². The Balaban J connectivity index is 2.23. The molecule has 0 saturated carbocycles. The van der Waals surface area contributed by atoms with Gasteiger partial charge < -0.3 is 0 Å². The summed E-state index contributed by atoms with van der Waals surface area (Å²) >= 11 is -2.17. The van der Waals surface area contributed by atoms with E-state index in [9.17, 15) is 0 Å². The second-order valence-electron chi connectivity index (χ2n) is 6.98. The third kappa shape index (κ3) is 1.34. The molecule has 1 aromatic heterocycles. The minimum absolute atomic E-state index is 1.20. The van der Waals surface area contributed by atoms with Crippen LogP contribution in [0.25, 0.3) is 32.4 Å². The zero-order valence-electron chi connectivity index (χ0n) is 13.1. The van der Waals surface area contributed by atoms with Crippen molar-refractivity contribution in [1.82, 2.24) is 4.98 Å². The average Bonchev–Trinajstić information content (AvgIpc) is 2.76. The van der Waals surface area contributed by atoms with Gasteiger partial charge in [0.15, 0.2) is 0 Å². The molecule has 0 atom stereocenters. The van der Waals surface area contributed by atoms with E-state index in [0.29, 0.717) is 0 Å². The van der Waals surface area contributed by atoms with Crippen molar-refractivity contribution >= 4 is 54.5 Å². The molecule has 5 rings (SSSR count). The van der Waals surface area contributed by atoms with Gasteiger partial charge in [-0.25, -0.2) is 0 Å². The summed E-state index contributed by atoms with van der Waals surface area (Å²) in [5.41, 5.74) is 2.51. The number of pyridine rings is 1. The van der Waals surface area contributed by atoms with Crippen molar-refractivity contribution < 1.29 is 0 Å². The molecule has 106 valence electrons. The van der Waals surface area contributed by atoms with Gasteiger partial charge in [-0.3, -0.25) is 0 Å². The Morgan fingerprint density at radius 2 is 1.64 bits per heavy atom. The molecule has 0 radical (unpaired) electrons. The Kier molecular flexibility index (Phi) is 2.25. The van der Waals surface area contributed by atoms with E-state index in [1.165, 1.54) is 38.0 Å². The first-order chi connectivity index (χ1) is 10.6. The summed E-state index contributed by atoms with van der Waals surface area (Å²) in [6, 6.07) is 16.0. The van der Waals surface area contributed by atoms with Gasteiger partial charge in [0.2, 0.25) is 0 Å². The second kappa shape index (κ2) is 3.91. The van der Waals surface area contributed by atoms with E-state index in [2.05, 4.69) is 60.9 Å². The molecule has 2 heterocycles. The first-order valence-electron chi connectivity index (χ1n) is 7.84. The zero-order valence-corrected chi connectivity index (χ0v) is 15.2. The maximum atomic E-state index is 4.78. The Morgan fingerprint density at radius 3 is 2.50 bits per heavy atom. The van der Waals surface area contributed by atoms with Gasteiger partial charge >= 0.3 is 132 Å². The van der Waals surface area contributed by atoms with E-state index in [1.54, 1.807) is 8.79 Å². The van der Waals surface area contributed by atoms with Crippen molar-refractivity contribution in [3.63, 3.8) is 0 Å². The number of fused-ring (bicyclic) bond motifs is 3. The molecule has 0 amide bonds. The van der Waals surface area contributed by atoms with Crippen LogP contribution in [0.1, 0.15) is 5.56 Å². The van der Waals surface area contributed by atoms with E-state index in [0.717, 1.165) is 0 Å². The molecule has 3 aromatic carbocycles. The van der Waals surface area contributed by atoms with E-state index < -0.39 is 13.3 Å². The van der Waals surface area contributed by atoms with Crippen LogP contribution in [-0.4, -0.2) is 18.3 Å². The van der Waals surface area contributed by atoms with Gasteiger partial charge in [0, 0.05) is 0 Å². The van der Waals surface area contributed by atoms with Crippen LogP contribution < -0.4 is 8.79 Å². The molecule has 0 fully saturated rings. The molecular weight excluding hydrogens is 327 g/mol. The normalized spacial score (nSPS) is 15.4. The van der Waals surface area contributed by atoms with E-state index >= 15 is 0 Å². The maximum absolute atomic E-state index is 4.78. The summed E-state index contributed by atoms with van der Waals surface area (Å²) in [5.74, 6) is 5.03. The van der Waals surface area contributed by atoms with Gasteiger partial charge in [-0.2, -0.15) is 0 Å². The fourth-order valence-corrected chi connectivity index (χ4v) is 10.6. The van der Waals surface area contributed by atoms with Crippen LogP contribution in [-0.2, 0) is 0 Å². The standard InChI is InChI=1S/C20H17GeN/c1-12-7-8-14-15(11-12)13-5-4-6-16-18(13)19-17(21(16,2)3)9-10-22-20(14)19/h4-11H,1-3H3.